The zero-order chi connectivity index (χ0) is 19.9. The second-order valence-electron chi connectivity index (χ2n) is 8.01. The molecule has 1 N–H and O–H groups in total. The Labute approximate surface area is 170 Å². The molecule has 0 atom stereocenters. The molecule has 2 aliphatic rings. The Hall–Kier alpha value is -3.03. The Bertz CT molecular complexity index is 1180. The van der Waals surface area contributed by atoms with Crippen molar-refractivity contribution in [2.75, 3.05) is 5.32 Å². The van der Waals surface area contributed by atoms with Crippen molar-refractivity contribution in [1.82, 2.24) is 9.38 Å². The van der Waals surface area contributed by atoms with E-state index in [0.717, 1.165) is 27.6 Å². The van der Waals surface area contributed by atoms with Gasteiger partial charge in [-0.2, -0.15) is 0 Å². The van der Waals surface area contributed by atoms with Crippen LogP contribution in [0.5, 0.6) is 0 Å². The molecule has 0 radical (unpaired) electrons. The first-order chi connectivity index (χ1) is 13.4. The maximum absolute atomic E-state index is 5.63. The molecule has 0 fully saturated rings. The minimum Gasteiger partial charge on any atom is -0.365 e. The van der Waals surface area contributed by atoms with Gasteiger partial charge in [0.05, 0.1) is 4.88 Å². The van der Waals surface area contributed by atoms with Crippen LogP contribution in [0.1, 0.15) is 31.9 Å². The van der Waals surface area contributed by atoms with Crippen molar-refractivity contribution in [3.8, 4) is 34.0 Å². The summed E-state index contributed by atoms with van der Waals surface area (Å²) in [5, 5.41) is 5.59. The average Bonchev–Trinajstić information content (AvgIpc) is 3.03. The van der Waals surface area contributed by atoms with Gasteiger partial charge in [-0.05, 0) is 68.0 Å². The van der Waals surface area contributed by atoms with Gasteiger partial charge in [0, 0.05) is 17.3 Å². The highest BCUT2D eigenvalue weighted by atomic mass is 32.1. The number of fused-ring (bicyclic) bond motifs is 2. The second kappa shape index (κ2) is 6.85. The number of hydrogen-bond acceptors (Lipinski definition) is 3. The molecule has 3 nitrogen and oxygen atoms in total. The largest absolute Gasteiger partial charge is 0.365 e. The molecule has 0 aromatic carbocycles. The number of thiophene rings is 1. The summed E-state index contributed by atoms with van der Waals surface area (Å²) in [7, 11) is 0. The van der Waals surface area contributed by atoms with Gasteiger partial charge < -0.3 is 5.32 Å². The van der Waals surface area contributed by atoms with E-state index in [-0.39, 0.29) is 5.54 Å². The summed E-state index contributed by atoms with van der Waals surface area (Å²) in [6.07, 6.45) is 7.73. The van der Waals surface area contributed by atoms with Crippen LogP contribution in [-0.4, -0.2) is 14.9 Å². The molecular weight excluding hydrogens is 362 g/mol. The lowest BCUT2D eigenvalue weighted by Gasteiger charge is -2.22. The topological polar surface area (TPSA) is 29.3 Å². The van der Waals surface area contributed by atoms with Gasteiger partial charge >= 0.3 is 0 Å². The van der Waals surface area contributed by atoms with Crippen molar-refractivity contribution in [1.29, 1.82) is 0 Å². The van der Waals surface area contributed by atoms with Crippen LogP contribution in [0.25, 0.3) is 27.3 Å². The van der Waals surface area contributed by atoms with Crippen molar-refractivity contribution in [3.05, 3.63) is 65.2 Å². The summed E-state index contributed by atoms with van der Waals surface area (Å²) in [4.78, 5) is 5.84. The number of terminal acetylenes is 1. The average molecular weight is 386 g/mol. The van der Waals surface area contributed by atoms with E-state index in [9.17, 15) is 0 Å². The van der Waals surface area contributed by atoms with Gasteiger partial charge in [-0.25, -0.2) is 4.98 Å². The van der Waals surface area contributed by atoms with Gasteiger partial charge in [-0.15, -0.1) is 17.8 Å². The lowest BCUT2D eigenvalue weighted by Crippen LogP contribution is -2.27. The number of aryl methyl sites for hydroxylation is 1. The number of nitrogens with zero attached hydrogens (tertiary/aromatic N) is 2. The highest BCUT2D eigenvalue weighted by Gasteiger charge is 2.21. The summed E-state index contributed by atoms with van der Waals surface area (Å²) in [6, 6.07) is 14.6. The van der Waals surface area contributed by atoms with Gasteiger partial charge in [0.15, 0.2) is 0 Å². The van der Waals surface area contributed by atoms with Crippen molar-refractivity contribution < 1.29 is 0 Å². The number of rotatable bonds is 2. The van der Waals surface area contributed by atoms with E-state index in [0.29, 0.717) is 0 Å². The van der Waals surface area contributed by atoms with E-state index in [1.165, 1.54) is 16.7 Å². The molecule has 2 aliphatic carbocycles. The molecule has 3 heterocycles. The SMILES string of the molecule is C#Cc1ccsc1-c1nc2ccc(C)cn2c1NC(C)(C)C.c1cc2cc-2c1. The van der Waals surface area contributed by atoms with Crippen LogP contribution >= 0.6 is 11.3 Å². The lowest BCUT2D eigenvalue weighted by molar-refractivity contribution is 0.629. The van der Waals surface area contributed by atoms with Gasteiger partial charge in [0.25, 0.3) is 0 Å². The van der Waals surface area contributed by atoms with Crippen LogP contribution in [0, 0.1) is 19.3 Å². The van der Waals surface area contributed by atoms with Crippen LogP contribution in [0.4, 0.5) is 5.82 Å². The standard InChI is InChI=1S/C18H19N3S.C6H4/c1-6-13-9-10-22-16(13)15-17(20-18(3,4)5)21-11-12(2)7-8-14(21)19-15;1-2-5-4-6(5)3-1/h1,7-11,20H,2-5H3;1-4H. The number of anilines is 1. The van der Waals surface area contributed by atoms with Crippen LogP contribution < -0.4 is 5.32 Å². The summed E-state index contributed by atoms with van der Waals surface area (Å²) in [6.45, 7) is 8.51. The number of nitrogens with one attached hydrogen (secondary N) is 1. The molecule has 140 valence electrons. The number of hydrogen-bond donors (Lipinski definition) is 1. The first kappa shape index (κ1) is 18.3. The van der Waals surface area contributed by atoms with E-state index in [4.69, 9.17) is 11.4 Å². The summed E-state index contributed by atoms with van der Waals surface area (Å²) in [5.41, 5.74) is 6.71. The first-order valence-corrected chi connectivity index (χ1v) is 10.2. The highest BCUT2D eigenvalue weighted by molar-refractivity contribution is 7.13. The predicted octanol–water partition coefficient (Wildman–Crippen LogP) is 6.23. The van der Waals surface area contributed by atoms with Crippen molar-refractivity contribution >= 4 is 22.8 Å². The zero-order valence-corrected chi connectivity index (χ0v) is 17.4. The molecule has 0 aliphatic heterocycles. The van der Waals surface area contributed by atoms with Gasteiger partial charge in [-0.1, -0.05) is 30.2 Å². The summed E-state index contributed by atoms with van der Waals surface area (Å²) < 4.78 is 2.11. The molecule has 0 bridgehead atoms. The second-order valence-corrected chi connectivity index (χ2v) is 8.92. The predicted molar refractivity (Wildman–Crippen MR) is 120 cm³/mol. The summed E-state index contributed by atoms with van der Waals surface area (Å²) in [5.74, 6) is 3.74. The smallest absolute Gasteiger partial charge is 0.140 e. The summed E-state index contributed by atoms with van der Waals surface area (Å²) >= 11 is 1.63. The van der Waals surface area contributed by atoms with Gasteiger partial charge in [0.2, 0.25) is 0 Å². The van der Waals surface area contributed by atoms with E-state index < -0.39 is 0 Å². The number of pyridine rings is 1. The van der Waals surface area contributed by atoms with E-state index >= 15 is 0 Å². The minimum atomic E-state index is -0.0674. The van der Waals surface area contributed by atoms with E-state index in [2.05, 4.69) is 79.9 Å². The van der Waals surface area contributed by atoms with Crippen molar-refractivity contribution in [2.45, 2.75) is 33.2 Å². The molecule has 0 amide bonds. The van der Waals surface area contributed by atoms with E-state index in [1.54, 1.807) is 11.3 Å². The van der Waals surface area contributed by atoms with Crippen LogP contribution in [0.2, 0.25) is 0 Å². The molecule has 0 unspecified atom stereocenters. The molecule has 3 aromatic rings. The van der Waals surface area contributed by atoms with Gasteiger partial charge in [-0.3, -0.25) is 4.40 Å². The van der Waals surface area contributed by atoms with Crippen LogP contribution in [-0.2, 0) is 0 Å². The normalized spacial score (nSPS) is 11.5. The highest BCUT2D eigenvalue weighted by Crippen LogP contribution is 2.36. The van der Waals surface area contributed by atoms with E-state index in [1.807, 2.05) is 17.5 Å². The van der Waals surface area contributed by atoms with Crippen LogP contribution in [0.15, 0.2) is 54.0 Å². The minimum absolute atomic E-state index is 0.0674. The van der Waals surface area contributed by atoms with Crippen molar-refractivity contribution in [3.63, 3.8) is 0 Å². The Balaban J connectivity index is 0.000000268. The Kier molecular flexibility index (Phi) is 4.49. The molecule has 0 saturated heterocycles. The maximum atomic E-state index is 5.63. The molecule has 3 aromatic heterocycles. The third-order valence-corrected chi connectivity index (χ3v) is 5.33. The monoisotopic (exact) mass is 385 g/mol. The first-order valence-electron chi connectivity index (χ1n) is 9.27. The quantitative estimate of drug-likeness (QED) is 0.365. The fourth-order valence-electron chi connectivity index (χ4n) is 3.07. The third kappa shape index (κ3) is 3.67. The molecule has 28 heavy (non-hydrogen) atoms. The molecule has 0 spiro atoms. The molecular formula is C24H23N3S. The van der Waals surface area contributed by atoms with Gasteiger partial charge in [0.1, 0.15) is 17.2 Å². The Morgan fingerprint density at radius 1 is 1.11 bits per heavy atom. The Morgan fingerprint density at radius 2 is 1.86 bits per heavy atom. The zero-order valence-electron chi connectivity index (χ0n) is 16.6. The fourth-order valence-corrected chi connectivity index (χ4v) is 3.91. The number of aromatic nitrogens is 2. The molecule has 0 saturated carbocycles. The lowest BCUT2D eigenvalue weighted by atomic mass is 10.1. The van der Waals surface area contributed by atoms with Crippen LogP contribution in [0.3, 0.4) is 0 Å². The Morgan fingerprint density at radius 3 is 2.43 bits per heavy atom. The molecule has 4 heteroatoms. The third-order valence-electron chi connectivity index (χ3n) is 4.41. The number of imidazole rings is 1. The van der Waals surface area contributed by atoms with Crippen molar-refractivity contribution in [2.24, 2.45) is 0 Å². The maximum Gasteiger partial charge on any atom is 0.140 e. The molecule has 5 rings (SSSR count). The fraction of sp³-hybridized carbons (Fsp3) is 0.208. The number of benzene rings is 1.